The van der Waals surface area contributed by atoms with Gasteiger partial charge in [-0.1, -0.05) is 20.8 Å². The van der Waals surface area contributed by atoms with E-state index in [4.69, 9.17) is 16.3 Å². The summed E-state index contributed by atoms with van der Waals surface area (Å²) in [6, 6.07) is 3.96. The quantitative estimate of drug-likeness (QED) is 0.724. The van der Waals surface area contributed by atoms with Crippen LogP contribution in [0.4, 0.5) is 0 Å². The van der Waals surface area contributed by atoms with E-state index in [-0.39, 0.29) is 6.10 Å². The summed E-state index contributed by atoms with van der Waals surface area (Å²) >= 11 is 5.86. The summed E-state index contributed by atoms with van der Waals surface area (Å²) in [7, 11) is 0. The zero-order valence-corrected chi connectivity index (χ0v) is 11.2. The monoisotopic (exact) mass is 241 g/mol. The Morgan fingerprint density at radius 3 is 2.50 bits per heavy atom. The molecule has 1 atom stereocenters. The molecule has 0 saturated carbocycles. The van der Waals surface area contributed by atoms with Crippen molar-refractivity contribution in [3.63, 3.8) is 0 Å². The summed E-state index contributed by atoms with van der Waals surface area (Å²) in [5, 5.41) is 0. The van der Waals surface area contributed by atoms with Gasteiger partial charge in [0.2, 0.25) is 5.88 Å². The summed E-state index contributed by atoms with van der Waals surface area (Å²) in [4.78, 5) is 4.49. The fourth-order valence-corrected chi connectivity index (χ4v) is 1.46. The van der Waals surface area contributed by atoms with Crippen LogP contribution >= 0.6 is 11.6 Å². The number of hydrogen-bond acceptors (Lipinski definition) is 2. The Hall–Kier alpha value is -0.760. The van der Waals surface area contributed by atoms with Crippen molar-refractivity contribution in [1.29, 1.82) is 0 Å². The largest absolute Gasteiger partial charge is 0.475 e. The van der Waals surface area contributed by atoms with Gasteiger partial charge in [0, 0.05) is 17.6 Å². The maximum absolute atomic E-state index is 5.86. The normalized spacial score (nSPS) is 12.9. The van der Waals surface area contributed by atoms with Gasteiger partial charge in [-0.3, -0.25) is 0 Å². The molecule has 0 aliphatic rings. The van der Waals surface area contributed by atoms with E-state index in [2.05, 4.69) is 25.8 Å². The maximum Gasteiger partial charge on any atom is 0.214 e. The van der Waals surface area contributed by atoms with Crippen LogP contribution in [-0.2, 0) is 5.88 Å². The number of aromatic nitrogens is 1. The molecule has 1 unspecified atom stereocenters. The Kier molecular flexibility index (Phi) is 5.07. The Morgan fingerprint density at radius 1 is 1.31 bits per heavy atom. The molecule has 1 aromatic heterocycles. The van der Waals surface area contributed by atoms with Crippen LogP contribution in [-0.4, -0.2) is 11.1 Å². The van der Waals surface area contributed by atoms with Crippen LogP contribution in [0.15, 0.2) is 12.1 Å². The SMILES string of the molecule is CCC(C)Oc1cc(CCl)cc(C(C)C)n1. The standard InChI is InChI=1S/C13H20ClNO/c1-5-10(4)16-13-7-11(8-14)6-12(15-13)9(2)3/h6-7,9-10H,5,8H2,1-4H3. The fraction of sp³-hybridized carbons (Fsp3) is 0.615. The zero-order valence-electron chi connectivity index (χ0n) is 10.5. The van der Waals surface area contributed by atoms with Crippen molar-refractivity contribution in [2.45, 2.75) is 52.0 Å². The van der Waals surface area contributed by atoms with Crippen LogP contribution in [0.1, 0.15) is 51.3 Å². The third-order valence-corrected chi connectivity index (χ3v) is 2.83. The van der Waals surface area contributed by atoms with E-state index >= 15 is 0 Å². The van der Waals surface area contributed by atoms with E-state index in [0.29, 0.717) is 17.7 Å². The fourth-order valence-electron chi connectivity index (χ4n) is 1.30. The van der Waals surface area contributed by atoms with Crippen molar-refractivity contribution < 1.29 is 4.74 Å². The first-order valence-corrected chi connectivity index (χ1v) is 6.33. The number of nitrogens with zero attached hydrogens (tertiary/aromatic N) is 1. The molecular weight excluding hydrogens is 222 g/mol. The third kappa shape index (κ3) is 3.67. The molecule has 0 N–H and O–H groups in total. The van der Waals surface area contributed by atoms with Crippen molar-refractivity contribution in [2.24, 2.45) is 0 Å². The zero-order chi connectivity index (χ0) is 12.1. The molecule has 2 nitrogen and oxygen atoms in total. The minimum atomic E-state index is 0.193. The van der Waals surface area contributed by atoms with Gasteiger partial charge in [-0.25, -0.2) is 4.98 Å². The topological polar surface area (TPSA) is 22.1 Å². The molecule has 1 aromatic rings. The second-order valence-corrected chi connectivity index (χ2v) is 4.63. The lowest BCUT2D eigenvalue weighted by atomic mass is 10.1. The lowest BCUT2D eigenvalue weighted by molar-refractivity contribution is 0.208. The highest BCUT2D eigenvalue weighted by Gasteiger charge is 2.08. The van der Waals surface area contributed by atoms with E-state index in [1.165, 1.54) is 0 Å². The van der Waals surface area contributed by atoms with Gasteiger partial charge in [0.1, 0.15) is 0 Å². The lowest BCUT2D eigenvalue weighted by Gasteiger charge is -2.14. The smallest absolute Gasteiger partial charge is 0.214 e. The van der Waals surface area contributed by atoms with Gasteiger partial charge in [0.05, 0.1) is 6.10 Å². The molecule has 0 saturated heterocycles. The highest BCUT2D eigenvalue weighted by Crippen LogP contribution is 2.21. The van der Waals surface area contributed by atoms with Crippen LogP contribution < -0.4 is 4.74 Å². The first kappa shape index (κ1) is 13.3. The number of rotatable bonds is 5. The minimum Gasteiger partial charge on any atom is -0.475 e. The molecule has 0 radical (unpaired) electrons. The molecule has 0 spiro atoms. The second kappa shape index (κ2) is 6.09. The highest BCUT2D eigenvalue weighted by molar-refractivity contribution is 6.17. The van der Waals surface area contributed by atoms with E-state index in [0.717, 1.165) is 17.7 Å². The molecule has 90 valence electrons. The van der Waals surface area contributed by atoms with Crippen LogP contribution in [0.25, 0.3) is 0 Å². The average Bonchev–Trinajstić information content (AvgIpc) is 2.28. The van der Waals surface area contributed by atoms with Gasteiger partial charge in [0.15, 0.2) is 0 Å². The molecule has 16 heavy (non-hydrogen) atoms. The number of ether oxygens (including phenoxy) is 1. The molecule has 3 heteroatoms. The number of pyridine rings is 1. The van der Waals surface area contributed by atoms with E-state index in [9.17, 15) is 0 Å². The summed E-state index contributed by atoms with van der Waals surface area (Å²) in [6.45, 7) is 8.38. The van der Waals surface area contributed by atoms with Crippen molar-refractivity contribution in [2.75, 3.05) is 0 Å². The molecule has 0 amide bonds. The Labute approximate surface area is 103 Å². The molecule has 1 heterocycles. The van der Waals surface area contributed by atoms with Gasteiger partial charge < -0.3 is 4.74 Å². The Bertz CT molecular complexity index is 339. The number of hydrogen-bond donors (Lipinski definition) is 0. The number of halogens is 1. The average molecular weight is 242 g/mol. The third-order valence-electron chi connectivity index (χ3n) is 2.52. The molecule has 0 bridgehead atoms. The van der Waals surface area contributed by atoms with Crippen LogP contribution in [0.2, 0.25) is 0 Å². The molecule has 0 aromatic carbocycles. The molecule has 1 rings (SSSR count). The summed E-state index contributed by atoms with van der Waals surface area (Å²) in [6.07, 6.45) is 1.17. The molecular formula is C13H20ClNO. The molecule has 0 aliphatic heterocycles. The van der Waals surface area contributed by atoms with E-state index < -0.39 is 0 Å². The van der Waals surface area contributed by atoms with Crippen LogP contribution in [0.3, 0.4) is 0 Å². The van der Waals surface area contributed by atoms with Gasteiger partial charge in [-0.2, -0.15) is 0 Å². The second-order valence-electron chi connectivity index (χ2n) is 4.36. The van der Waals surface area contributed by atoms with Gasteiger partial charge in [-0.05, 0) is 30.9 Å². The predicted molar refractivity (Wildman–Crippen MR) is 68.3 cm³/mol. The summed E-state index contributed by atoms with van der Waals surface area (Å²) in [5.74, 6) is 1.58. The maximum atomic E-state index is 5.86. The van der Waals surface area contributed by atoms with Crippen molar-refractivity contribution in [3.05, 3.63) is 23.4 Å². The minimum absolute atomic E-state index is 0.193. The first-order chi connectivity index (χ1) is 7.56. The predicted octanol–water partition coefficient (Wildman–Crippen LogP) is 4.12. The molecule has 0 fully saturated rings. The van der Waals surface area contributed by atoms with Crippen LogP contribution in [0, 0.1) is 0 Å². The van der Waals surface area contributed by atoms with Crippen molar-refractivity contribution in [3.8, 4) is 5.88 Å². The van der Waals surface area contributed by atoms with E-state index in [1.807, 2.05) is 19.1 Å². The van der Waals surface area contributed by atoms with Crippen molar-refractivity contribution >= 4 is 11.6 Å². The van der Waals surface area contributed by atoms with E-state index in [1.54, 1.807) is 0 Å². The van der Waals surface area contributed by atoms with Crippen molar-refractivity contribution in [1.82, 2.24) is 4.98 Å². The highest BCUT2D eigenvalue weighted by atomic mass is 35.5. The Balaban J connectivity index is 2.95. The van der Waals surface area contributed by atoms with Gasteiger partial charge in [-0.15, -0.1) is 11.6 Å². The summed E-state index contributed by atoms with van der Waals surface area (Å²) in [5.41, 5.74) is 2.11. The lowest BCUT2D eigenvalue weighted by Crippen LogP contribution is -2.11. The summed E-state index contributed by atoms with van der Waals surface area (Å²) < 4.78 is 5.73. The van der Waals surface area contributed by atoms with Gasteiger partial charge in [0.25, 0.3) is 0 Å². The Morgan fingerprint density at radius 2 is 2.00 bits per heavy atom. The van der Waals surface area contributed by atoms with Gasteiger partial charge >= 0.3 is 0 Å². The number of alkyl halides is 1. The first-order valence-electron chi connectivity index (χ1n) is 5.80. The van der Waals surface area contributed by atoms with Crippen LogP contribution in [0.5, 0.6) is 5.88 Å². The molecule has 0 aliphatic carbocycles.